The van der Waals surface area contributed by atoms with Gasteiger partial charge in [-0.15, -0.1) is 0 Å². The molecule has 0 bridgehead atoms. The van der Waals surface area contributed by atoms with E-state index in [4.69, 9.17) is 4.74 Å². The average Bonchev–Trinajstić information content (AvgIpc) is 1.99. The van der Waals surface area contributed by atoms with E-state index in [0.29, 0.717) is 6.04 Å². The van der Waals surface area contributed by atoms with Gasteiger partial charge in [0.15, 0.2) is 0 Å². The second-order valence-electron chi connectivity index (χ2n) is 2.51. The van der Waals surface area contributed by atoms with Crippen molar-refractivity contribution >= 4 is 11.8 Å². The van der Waals surface area contributed by atoms with Crippen molar-refractivity contribution < 1.29 is 4.74 Å². The summed E-state index contributed by atoms with van der Waals surface area (Å²) < 4.78 is 4.99. The van der Waals surface area contributed by atoms with Crippen molar-refractivity contribution in [3.63, 3.8) is 0 Å². The van der Waals surface area contributed by atoms with Crippen LogP contribution in [0.4, 0.5) is 0 Å². The number of methoxy groups -OCH3 is 1. The van der Waals surface area contributed by atoms with Crippen LogP contribution in [0.5, 0.6) is 0 Å². The zero-order chi connectivity index (χ0) is 8.53. The molecule has 3 heteroatoms. The van der Waals surface area contributed by atoms with Crippen molar-refractivity contribution in [2.24, 2.45) is 0 Å². The molecule has 0 spiro atoms. The Bertz CT molecular complexity index is 80.5. The summed E-state index contributed by atoms with van der Waals surface area (Å²) in [4.78, 5) is 0. The Morgan fingerprint density at radius 1 is 1.55 bits per heavy atom. The van der Waals surface area contributed by atoms with Crippen LogP contribution >= 0.6 is 11.8 Å². The minimum Gasteiger partial charge on any atom is -0.383 e. The highest BCUT2D eigenvalue weighted by Gasteiger charge is 1.97. The van der Waals surface area contributed by atoms with Crippen molar-refractivity contribution in [1.29, 1.82) is 0 Å². The van der Waals surface area contributed by atoms with E-state index < -0.39 is 0 Å². The van der Waals surface area contributed by atoms with E-state index in [1.54, 1.807) is 7.11 Å². The Kier molecular flexibility index (Phi) is 8.57. The maximum atomic E-state index is 4.99. The van der Waals surface area contributed by atoms with Crippen LogP contribution in [0.15, 0.2) is 0 Å². The van der Waals surface area contributed by atoms with Crippen LogP contribution in [0, 0.1) is 0 Å². The lowest BCUT2D eigenvalue weighted by Gasteiger charge is -2.11. The molecule has 68 valence electrons. The summed E-state index contributed by atoms with van der Waals surface area (Å²) in [5, 5.41) is 3.37. The number of thioether (sulfide) groups is 1. The van der Waals surface area contributed by atoms with E-state index in [1.807, 2.05) is 11.8 Å². The Morgan fingerprint density at radius 3 is 2.82 bits per heavy atom. The van der Waals surface area contributed by atoms with E-state index in [9.17, 15) is 0 Å². The van der Waals surface area contributed by atoms with E-state index in [2.05, 4.69) is 19.2 Å². The van der Waals surface area contributed by atoms with Crippen molar-refractivity contribution in [3.05, 3.63) is 0 Å². The molecule has 0 aromatic carbocycles. The molecule has 0 rings (SSSR count). The van der Waals surface area contributed by atoms with Crippen molar-refractivity contribution in [1.82, 2.24) is 5.32 Å². The van der Waals surface area contributed by atoms with Gasteiger partial charge in [-0.3, -0.25) is 0 Å². The zero-order valence-electron chi connectivity index (χ0n) is 7.72. The lowest BCUT2D eigenvalue weighted by Crippen LogP contribution is -2.31. The van der Waals surface area contributed by atoms with Crippen molar-refractivity contribution in [2.75, 3.05) is 31.8 Å². The predicted octanol–water partition coefficient (Wildman–Crippen LogP) is 1.36. The van der Waals surface area contributed by atoms with Crippen LogP contribution in [0.2, 0.25) is 0 Å². The SMILES string of the molecule is CCSCCNC(C)COC. The lowest BCUT2D eigenvalue weighted by molar-refractivity contribution is 0.173. The topological polar surface area (TPSA) is 21.3 Å². The third-order valence-electron chi connectivity index (χ3n) is 1.36. The first-order valence-corrected chi connectivity index (χ1v) is 5.26. The maximum Gasteiger partial charge on any atom is 0.0613 e. The second-order valence-corrected chi connectivity index (χ2v) is 3.90. The summed E-state index contributed by atoms with van der Waals surface area (Å²) in [6.07, 6.45) is 0. The minimum atomic E-state index is 0.484. The van der Waals surface area contributed by atoms with E-state index in [0.717, 1.165) is 13.2 Å². The van der Waals surface area contributed by atoms with Crippen molar-refractivity contribution in [3.8, 4) is 0 Å². The van der Waals surface area contributed by atoms with Gasteiger partial charge in [0.2, 0.25) is 0 Å². The van der Waals surface area contributed by atoms with Gasteiger partial charge >= 0.3 is 0 Å². The van der Waals surface area contributed by atoms with Crippen LogP contribution in [-0.2, 0) is 4.74 Å². The molecule has 0 fully saturated rings. The van der Waals surface area contributed by atoms with Gasteiger partial charge in [0, 0.05) is 25.4 Å². The van der Waals surface area contributed by atoms with Crippen molar-refractivity contribution in [2.45, 2.75) is 19.9 Å². The highest BCUT2D eigenvalue weighted by atomic mass is 32.2. The molecule has 0 amide bonds. The predicted molar refractivity (Wildman–Crippen MR) is 52.3 cm³/mol. The van der Waals surface area contributed by atoms with Gasteiger partial charge in [0.05, 0.1) is 6.61 Å². The number of hydrogen-bond donors (Lipinski definition) is 1. The van der Waals surface area contributed by atoms with E-state index in [-0.39, 0.29) is 0 Å². The Balaban J connectivity index is 2.97. The normalized spacial score (nSPS) is 13.4. The third-order valence-corrected chi connectivity index (χ3v) is 2.26. The van der Waals surface area contributed by atoms with Crippen LogP contribution in [-0.4, -0.2) is 37.8 Å². The molecule has 0 aliphatic heterocycles. The van der Waals surface area contributed by atoms with Crippen LogP contribution in [0.1, 0.15) is 13.8 Å². The first-order chi connectivity index (χ1) is 5.31. The molecule has 0 aliphatic carbocycles. The second kappa shape index (κ2) is 8.37. The van der Waals surface area contributed by atoms with E-state index >= 15 is 0 Å². The van der Waals surface area contributed by atoms with Crippen LogP contribution in [0.3, 0.4) is 0 Å². The molecule has 1 N–H and O–H groups in total. The Labute approximate surface area is 74.1 Å². The summed E-state index contributed by atoms with van der Waals surface area (Å²) >= 11 is 1.96. The molecule has 0 saturated heterocycles. The average molecular weight is 177 g/mol. The summed E-state index contributed by atoms with van der Waals surface area (Å²) in [6.45, 7) is 6.21. The molecular formula is C8H19NOS. The Morgan fingerprint density at radius 2 is 2.27 bits per heavy atom. The fourth-order valence-electron chi connectivity index (χ4n) is 0.831. The standard InChI is InChI=1S/C8H19NOS/c1-4-11-6-5-9-8(2)7-10-3/h8-9H,4-7H2,1-3H3. The fourth-order valence-corrected chi connectivity index (χ4v) is 1.38. The smallest absolute Gasteiger partial charge is 0.0613 e. The molecule has 1 atom stereocenters. The van der Waals surface area contributed by atoms with Gasteiger partial charge in [0.1, 0.15) is 0 Å². The van der Waals surface area contributed by atoms with Gasteiger partial charge in [-0.05, 0) is 12.7 Å². The molecule has 0 aromatic rings. The highest BCUT2D eigenvalue weighted by molar-refractivity contribution is 7.99. The Hall–Kier alpha value is 0.270. The van der Waals surface area contributed by atoms with Gasteiger partial charge < -0.3 is 10.1 Å². The summed E-state index contributed by atoms with van der Waals surface area (Å²) in [5.41, 5.74) is 0. The summed E-state index contributed by atoms with van der Waals surface area (Å²) in [7, 11) is 1.74. The molecule has 2 nitrogen and oxygen atoms in total. The van der Waals surface area contributed by atoms with Gasteiger partial charge in [-0.25, -0.2) is 0 Å². The maximum absolute atomic E-state index is 4.99. The first-order valence-electron chi connectivity index (χ1n) is 4.11. The monoisotopic (exact) mass is 177 g/mol. The number of nitrogens with one attached hydrogen (secondary N) is 1. The molecule has 1 unspecified atom stereocenters. The molecule has 0 aromatic heterocycles. The zero-order valence-corrected chi connectivity index (χ0v) is 8.54. The number of hydrogen-bond acceptors (Lipinski definition) is 3. The third kappa shape index (κ3) is 8.17. The molecule has 0 radical (unpaired) electrons. The van der Waals surface area contributed by atoms with E-state index in [1.165, 1.54) is 11.5 Å². The lowest BCUT2D eigenvalue weighted by atomic mass is 10.4. The van der Waals surface area contributed by atoms with Crippen LogP contribution < -0.4 is 5.32 Å². The number of rotatable bonds is 7. The molecule has 0 saturated carbocycles. The summed E-state index contributed by atoms with van der Waals surface area (Å²) in [5.74, 6) is 2.41. The molecule has 0 heterocycles. The quantitative estimate of drug-likeness (QED) is 0.593. The number of ether oxygens (including phenoxy) is 1. The van der Waals surface area contributed by atoms with Gasteiger partial charge in [-0.2, -0.15) is 11.8 Å². The minimum absolute atomic E-state index is 0.484. The highest BCUT2D eigenvalue weighted by Crippen LogP contribution is 1.95. The van der Waals surface area contributed by atoms with Crippen LogP contribution in [0.25, 0.3) is 0 Å². The first kappa shape index (κ1) is 11.3. The van der Waals surface area contributed by atoms with Gasteiger partial charge in [-0.1, -0.05) is 6.92 Å². The molecule has 11 heavy (non-hydrogen) atoms. The summed E-state index contributed by atoms with van der Waals surface area (Å²) in [6, 6.07) is 0.484. The molecular weight excluding hydrogens is 158 g/mol. The molecule has 0 aliphatic rings. The largest absolute Gasteiger partial charge is 0.383 e. The fraction of sp³-hybridized carbons (Fsp3) is 1.00. The van der Waals surface area contributed by atoms with Gasteiger partial charge in [0.25, 0.3) is 0 Å².